The Labute approximate surface area is 174 Å². The zero-order chi connectivity index (χ0) is 21.3. The van der Waals surface area contributed by atoms with Crippen molar-refractivity contribution in [3.05, 3.63) is 30.7 Å². The number of phenolic OH excluding ortho intramolecular Hbond substituents is 1. The zero-order valence-corrected chi connectivity index (χ0v) is 17.4. The maximum absolute atomic E-state index is 14.9. The number of rotatable bonds is 5. The summed E-state index contributed by atoms with van der Waals surface area (Å²) in [4.78, 5) is 10.4. The van der Waals surface area contributed by atoms with Crippen LogP contribution in [0, 0.1) is 5.92 Å². The van der Waals surface area contributed by atoms with E-state index in [4.69, 9.17) is 0 Å². The third kappa shape index (κ3) is 3.83. The van der Waals surface area contributed by atoms with Crippen molar-refractivity contribution in [2.24, 2.45) is 13.0 Å². The van der Waals surface area contributed by atoms with E-state index in [0.29, 0.717) is 28.6 Å². The molecule has 0 spiro atoms. The summed E-state index contributed by atoms with van der Waals surface area (Å²) in [5.41, 5.74) is 1.15. The van der Waals surface area contributed by atoms with Gasteiger partial charge in [-0.25, -0.2) is 14.4 Å². The maximum atomic E-state index is 14.9. The number of halogens is 1. The second kappa shape index (κ2) is 8.33. The van der Waals surface area contributed by atoms with Gasteiger partial charge in [0.05, 0.1) is 17.8 Å². The molecule has 1 aliphatic carbocycles. The Bertz CT molecular complexity index is 1010. The smallest absolute Gasteiger partial charge is 0.185 e. The molecule has 0 unspecified atom stereocenters. The molecule has 3 atom stereocenters. The van der Waals surface area contributed by atoms with E-state index in [1.165, 1.54) is 0 Å². The minimum Gasteiger partial charge on any atom is -0.507 e. The molecule has 1 aromatic carbocycles. The minimum atomic E-state index is -0.882. The number of anilines is 1. The summed E-state index contributed by atoms with van der Waals surface area (Å²) in [6.07, 6.45) is 5.88. The van der Waals surface area contributed by atoms with Crippen molar-refractivity contribution in [3.63, 3.8) is 0 Å². The van der Waals surface area contributed by atoms with E-state index in [1.54, 1.807) is 42.5 Å². The van der Waals surface area contributed by atoms with Crippen LogP contribution in [0.15, 0.2) is 30.7 Å². The molecule has 8 nitrogen and oxygen atoms in total. The average Bonchev–Trinajstić information content (AvgIpc) is 3.20. The van der Waals surface area contributed by atoms with E-state index in [-0.39, 0.29) is 17.7 Å². The lowest BCUT2D eigenvalue weighted by molar-refractivity contribution is 0.134. The van der Waals surface area contributed by atoms with Crippen molar-refractivity contribution in [3.8, 4) is 28.5 Å². The van der Waals surface area contributed by atoms with Gasteiger partial charge < -0.3 is 10.0 Å². The lowest BCUT2D eigenvalue weighted by Crippen LogP contribution is -2.45. The highest BCUT2D eigenvalue weighted by atomic mass is 19.1. The standard InChI is InChI=1S/C21H26FN7O/c1-4-13-6-5-7-16(19(13)22)29(3)18-11-23-21(26-25-18)15-9-8-14(10-17(15)30)20-24-12-28(2)27-20/h8-13,16,19,30H,4-7H2,1-3H3/t13-,16+,19-/m1/s1. The van der Waals surface area contributed by atoms with E-state index >= 15 is 0 Å². The normalized spacial score (nSPS) is 21.5. The molecule has 2 heterocycles. The zero-order valence-electron chi connectivity index (χ0n) is 17.4. The average molecular weight is 411 g/mol. The van der Waals surface area contributed by atoms with E-state index < -0.39 is 6.17 Å². The molecule has 1 aliphatic rings. The van der Waals surface area contributed by atoms with Gasteiger partial charge in [-0.05, 0) is 30.9 Å². The molecule has 3 aromatic rings. The second-order valence-electron chi connectivity index (χ2n) is 7.84. The van der Waals surface area contributed by atoms with Gasteiger partial charge in [0, 0.05) is 19.7 Å². The van der Waals surface area contributed by atoms with Gasteiger partial charge >= 0.3 is 0 Å². The van der Waals surface area contributed by atoms with Crippen molar-refractivity contribution in [2.45, 2.75) is 44.8 Å². The SMILES string of the molecule is CC[C@@H]1CCC[C@H](N(C)c2cnc(-c3ccc(-c4ncn(C)n4)cc3O)nn2)[C@@H]1F. The van der Waals surface area contributed by atoms with E-state index in [9.17, 15) is 9.50 Å². The predicted molar refractivity (Wildman–Crippen MR) is 112 cm³/mol. The number of aromatic hydroxyl groups is 1. The highest BCUT2D eigenvalue weighted by Gasteiger charge is 2.35. The Hall–Kier alpha value is -3.10. The van der Waals surface area contributed by atoms with Crippen molar-refractivity contribution in [1.82, 2.24) is 29.9 Å². The van der Waals surface area contributed by atoms with Gasteiger partial charge in [0.15, 0.2) is 17.5 Å². The maximum Gasteiger partial charge on any atom is 0.185 e. The van der Waals surface area contributed by atoms with E-state index in [0.717, 1.165) is 25.7 Å². The summed E-state index contributed by atoms with van der Waals surface area (Å²) in [7, 11) is 3.62. The molecule has 0 aliphatic heterocycles. The molecule has 1 fully saturated rings. The Kier molecular flexibility index (Phi) is 5.61. The molecule has 0 amide bonds. The van der Waals surface area contributed by atoms with Gasteiger partial charge in [0.1, 0.15) is 18.2 Å². The first-order chi connectivity index (χ1) is 14.5. The summed E-state index contributed by atoms with van der Waals surface area (Å²) in [6, 6.07) is 4.87. The molecule has 4 rings (SSSR count). The first-order valence-corrected chi connectivity index (χ1v) is 10.2. The number of alkyl halides is 1. The molecule has 0 bridgehead atoms. The Balaban J connectivity index is 1.53. The molecule has 2 aromatic heterocycles. The third-order valence-electron chi connectivity index (χ3n) is 5.92. The number of phenols is 1. The lowest BCUT2D eigenvalue weighted by Gasteiger charge is -2.38. The van der Waals surface area contributed by atoms with Crippen molar-refractivity contribution in [1.29, 1.82) is 0 Å². The molecule has 158 valence electrons. The Morgan fingerprint density at radius 1 is 1.20 bits per heavy atom. The fourth-order valence-electron chi connectivity index (χ4n) is 4.11. The lowest BCUT2D eigenvalue weighted by atomic mass is 9.82. The van der Waals surface area contributed by atoms with Crippen LogP contribution in [0.2, 0.25) is 0 Å². The summed E-state index contributed by atoms with van der Waals surface area (Å²) >= 11 is 0. The Morgan fingerprint density at radius 2 is 2.03 bits per heavy atom. The highest BCUT2D eigenvalue weighted by molar-refractivity contribution is 5.70. The number of hydrogen-bond donors (Lipinski definition) is 1. The van der Waals surface area contributed by atoms with Crippen LogP contribution >= 0.6 is 0 Å². The van der Waals surface area contributed by atoms with Gasteiger partial charge in [-0.15, -0.1) is 10.2 Å². The quantitative estimate of drug-likeness (QED) is 0.688. The largest absolute Gasteiger partial charge is 0.507 e. The van der Waals surface area contributed by atoms with Gasteiger partial charge in [-0.1, -0.05) is 25.8 Å². The van der Waals surface area contributed by atoms with E-state index in [1.807, 2.05) is 18.9 Å². The van der Waals surface area contributed by atoms with Crippen molar-refractivity contribution in [2.75, 3.05) is 11.9 Å². The molecule has 9 heteroatoms. The van der Waals surface area contributed by atoms with Crippen LogP contribution in [0.3, 0.4) is 0 Å². The van der Waals surface area contributed by atoms with Crippen LogP contribution < -0.4 is 4.90 Å². The van der Waals surface area contributed by atoms with Crippen LogP contribution in [-0.2, 0) is 7.05 Å². The van der Waals surface area contributed by atoms with Crippen molar-refractivity contribution < 1.29 is 9.50 Å². The highest BCUT2D eigenvalue weighted by Crippen LogP contribution is 2.34. The van der Waals surface area contributed by atoms with Crippen LogP contribution in [0.25, 0.3) is 22.8 Å². The summed E-state index contributed by atoms with van der Waals surface area (Å²) < 4.78 is 16.5. The summed E-state index contributed by atoms with van der Waals surface area (Å²) in [5, 5.41) is 23.1. The number of nitrogens with zero attached hydrogens (tertiary/aromatic N) is 7. The monoisotopic (exact) mass is 411 g/mol. The molecule has 30 heavy (non-hydrogen) atoms. The first kappa shape index (κ1) is 20.2. The molecule has 1 N–H and O–H groups in total. The molecule has 1 saturated carbocycles. The number of hydrogen-bond acceptors (Lipinski definition) is 7. The van der Waals surface area contributed by atoms with Crippen molar-refractivity contribution >= 4 is 5.82 Å². The fourth-order valence-corrected chi connectivity index (χ4v) is 4.11. The number of aromatic nitrogens is 6. The van der Waals surface area contributed by atoms with Crippen LogP contribution in [0.5, 0.6) is 5.75 Å². The number of benzene rings is 1. The second-order valence-corrected chi connectivity index (χ2v) is 7.84. The molecular formula is C21H26FN7O. The third-order valence-corrected chi connectivity index (χ3v) is 5.92. The summed E-state index contributed by atoms with van der Waals surface area (Å²) in [6.45, 7) is 2.04. The fraction of sp³-hybridized carbons (Fsp3) is 0.476. The van der Waals surface area contributed by atoms with Gasteiger partial charge in [-0.3, -0.25) is 4.68 Å². The number of aryl methyl sites for hydroxylation is 1. The molecule has 0 radical (unpaired) electrons. The predicted octanol–water partition coefficient (Wildman–Crippen LogP) is 3.39. The van der Waals surface area contributed by atoms with Gasteiger partial charge in [0.25, 0.3) is 0 Å². The first-order valence-electron chi connectivity index (χ1n) is 10.2. The van der Waals surface area contributed by atoms with Crippen LogP contribution in [-0.4, -0.2) is 54.3 Å². The van der Waals surface area contributed by atoms with Crippen LogP contribution in [0.1, 0.15) is 32.6 Å². The topological polar surface area (TPSA) is 92.9 Å². The van der Waals surface area contributed by atoms with E-state index in [2.05, 4.69) is 25.3 Å². The minimum absolute atomic E-state index is 0.0183. The molecular weight excluding hydrogens is 385 g/mol. The summed E-state index contributed by atoms with van der Waals surface area (Å²) in [5.74, 6) is 1.46. The van der Waals surface area contributed by atoms with Crippen LogP contribution in [0.4, 0.5) is 10.2 Å². The Morgan fingerprint density at radius 3 is 2.67 bits per heavy atom. The molecule has 0 saturated heterocycles. The van der Waals surface area contributed by atoms with Gasteiger partial charge in [0.2, 0.25) is 0 Å². The van der Waals surface area contributed by atoms with Gasteiger partial charge in [-0.2, -0.15) is 5.10 Å².